The van der Waals surface area contributed by atoms with Crippen molar-refractivity contribution in [3.63, 3.8) is 0 Å². The molecule has 3 N–H and O–H groups in total. The van der Waals surface area contributed by atoms with Gasteiger partial charge in [0.15, 0.2) is 17.5 Å². The van der Waals surface area contributed by atoms with Crippen LogP contribution in [-0.4, -0.2) is 33.8 Å². The van der Waals surface area contributed by atoms with Crippen molar-refractivity contribution in [2.75, 3.05) is 27.9 Å². The van der Waals surface area contributed by atoms with Gasteiger partial charge in [-0.15, -0.1) is 24.0 Å². The maximum atomic E-state index is 6.24. The zero-order chi connectivity index (χ0) is 20.7. The van der Waals surface area contributed by atoms with E-state index < -0.39 is 0 Å². The Bertz CT molecular complexity index is 850. The second-order valence-electron chi connectivity index (χ2n) is 6.04. The minimum atomic E-state index is -0.107. The van der Waals surface area contributed by atoms with Crippen LogP contribution in [0.5, 0.6) is 17.2 Å². The normalized spacial score (nSPS) is 12.0. The molecule has 0 aliphatic rings. The average Bonchev–Trinajstić information content (AvgIpc) is 2.66. The van der Waals surface area contributed by atoms with Crippen LogP contribution in [0, 0.1) is 0 Å². The Morgan fingerprint density at radius 2 is 1.76 bits per heavy atom. The molecule has 0 saturated heterocycles. The first-order chi connectivity index (χ1) is 13.4. The van der Waals surface area contributed by atoms with Crippen molar-refractivity contribution in [3.8, 4) is 17.2 Å². The van der Waals surface area contributed by atoms with Gasteiger partial charge >= 0.3 is 0 Å². The van der Waals surface area contributed by atoms with Crippen LogP contribution in [0.4, 0.5) is 0 Å². The van der Waals surface area contributed by atoms with E-state index in [0.717, 1.165) is 11.1 Å². The first-order valence-electron chi connectivity index (χ1n) is 8.70. The molecule has 29 heavy (non-hydrogen) atoms. The molecule has 0 aliphatic carbocycles. The highest BCUT2D eigenvalue weighted by Gasteiger charge is 2.15. The van der Waals surface area contributed by atoms with E-state index >= 15 is 0 Å². The van der Waals surface area contributed by atoms with Crippen molar-refractivity contribution < 1.29 is 14.2 Å². The lowest BCUT2D eigenvalue weighted by Crippen LogP contribution is -2.34. The van der Waals surface area contributed by atoms with E-state index in [-0.39, 0.29) is 30.0 Å². The molecule has 0 amide bonds. The molecule has 0 aromatic heterocycles. The molecule has 0 saturated carbocycles. The Morgan fingerprint density at radius 1 is 1.07 bits per heavy atom. The SMILES string of the molecule is COc1ccc(CCN=C(N)NC(C)c2ccc(Cl)cc2Cl)c(OC)c1OC.I. The molecule has 0 heterocycles. The van der Waals surface area contributed by atoms with Gasteiger partial charge in [-0.3, -0.25) is 4.99 Å². The smallest absolute Gasteiger partial charge is 0.203 e. The molecule has 2 rings (SSSR count). The fourth-order valence-corrected chi connectivity index (χ4v) is 3.43. The molecule has 1 unspecified atom stereocenters. The van der Waals surface area contributed by atoms with Crippen molar-refractivity contribution in [1.29, 1.82) is 0 Å². The molecular weight excluding hydrogens is 528 g/mol. The van der Waals surface area contributed by atoms with Gasteiger partial charge < -0.3 is 25.3 Å². The number of guanidine groups is 1. The quantitative estimate of drug-likeness (QED) is 0.278. The van der Waals surface area contributed by atoms with Gasteiger partial charge in [0.05, 0.1) is 27.4 Å². The Hall–Kier alpha value is -1.58. The fourth-order valence-electron chi connectivity index (χ4n) is 2.85. The van der Waals surface area contributed by atoms with E-state index in [1.54, 1.807) is 33.5 Å². The molecule has 2 aromatic carbocycles. The number of aliphatic imine (C=N–C) groups is 1. The molecule has 0 bridgehead atoms. The summed E-state index contributed by atoms with van der Waals surface area (Å²) in [5.41, 5.74) is 7.87. The highest BCUT2D eigenvalue weighted by atomic mass is 127. The maximum Gasteiger partial charge on any atom is 0.203 e. The molecular formula is C20H26Cl2IN3O3. The summed E-state index contributed by atoms with van der Waals surface area (Å²) in [5, 5.41) is 4.30. The van der Waals surface area contributed by atoms with Crippen molar-refractivity contribution in [1.82, 2.24) is 5.32 Å². The molecule has 9 heteroatoms. The first kappa shape index (κ1) is 25.5. The first-order valence-corrected chi connectivity index (χ1v) is 9.46. The number of halogens is 3. The summed E-state index contributed by atoms with van der Waals surface area (Å²) in [6.45, 7) is 2.43. The lowest BCUT2D eigenvalue weighted by Gasteiger charge is -2.17. The van der Waals surface area contributed by atoms with Crippen LogP contribution in [0.2, 0.25) is 10.0 Å². The van der Waals surface area contributed by atoms with Gasteiger partial charge in [0.25, 0.3) is 0 Å². The molecule has 0 aliphatic heterocycles. The number of hydrogen-bond donors (Lipinski definition) is 2. The van der Waals surface area contributed by atoms with E-state index in [4.69, 9.17) is 43.1 Å². The Labute approximate surface area is 198 Å². The van der Waals surface area contributed by atoms with Gasteiger partial charge in [0, 0.05) is 22.2 Å². The van der Waals surface area contributed by atoms with Gasteiger partial charge in [-0.1, -0.05) is 35.3 Å². The van der Waals surface area contributed by atoms with E-state index in [2.05, 4.69) is 10.3 Å². The van der Waals surface area contributed by atoms with E-state index in [9.17, 15) is 0 Å². The molecule has 2 aromatic rings. The minimum absolute atomic E-state index is 0. The summed E-state index contributed by atoms with van der Waals surface area (Å²) in [6.07, 6.45) is 0.627. The summed E-state index contributed by atoms with van der Waals surface area (Å²) in [6, 6.07) is 9.01. The lowest BCUT2D eigenvalue weighted by molar-refractivity contribution is 0.322. The largest absolute Gasteiger partial charge is 0.493 e. The Balaban J connectivity index is 0.00000420. The van der Waals surface area contributed by atoms with Crippen molar-refractivity contribution in [2.24, 2.45) is 10.7 Å². The molecule has 1 atom stereocenters. The number of nitrogens with two attached hydrogens (primary N) is 1. The third-order valence-corrected chi connectivity index (χ3v) is 4.80. The second kappa shape index (κ2) is 12.2. The number of hydrogen-bond acceptors (Lipinski definition) is 4. The predicted molar refractivity (Wildman–Crippen MR) is 130 cm³/mol. The van der Waals surface area contributed by atoms with Crippen LogP contribution in [0.1, 0.15) is 24.1 Å². The zero-order valence-electron chi connectivity index (χ0n) is 16.8. The summed E-state index contributed by atoms with van der Waals surface area (Å²) < 4.78 is 16.2. The van der Waals surface area contributed by atoms with Crippen LogP contribution in [0.15, 0.2) is 35.3 Å². The van der Waals surface area contributed by atoms with Gasteiger partial charge in [-0.2, -0.15) is 0 Å². The summed E-state index contributed by atoms with van der Waals surface area (Å²) in [4.78, 5) is 4.39. The minimum Gasteiger partial charge on any atom is -0.493 e. The predicted octanol–water partition coefficient (Wildman–Crippen LogP) is 4.85. The molecule has 160 valence electrons. The van der Waals surface area contributed by atoms with Crippen LogP contribution in [0.3, 0.4) is 0 Å². The molecule has 0 spiro atoms. The van der Waals surface area contributed by atoms with Crippen molar-refractivity contribution in [2.45, 2.75) is 19.4 Å². The van der Waals surface area contributed by atoms with E-state index in [0.29, 0.717) is 46.2 Å². The van der Waals surface area contributed by atoms with Crippen LogP contribution in [0.25, 0.3) is 0 Å². The summed E-state index contributed by atoms with van der Waals surface area (Å²) >= 11 is 12.2. The molecule has 0 fully saturated rings. The van der Waals surface area contributed by atoms with Crippen molar-refractivity contribution in [3.05, 3.63) is 51.5 Å². The zero-order valence-corrected chi connectivity index (χ0v) is 20.6. The standard InChI is InChI=1S/C20H25Cl2N3O3.HI/c1-12(15-7-6-14(21)11-16(15)22)25-20(23)24-10-9-13-5-8-17(26-2)19(28-4)18(13)27-3;/h5-8,11-12H,9-10H2,1-4H3,(H3,23,24,25);1H. The third kappa shape index (κ3) is 6.72. The van der Waals surface area contributed by atoms with Gasteiger partial charge in [-0.05, 0) is 37.1 Å². The second-order valence-corrected chi connectivity index (χ2v) is 6.89. The Kier molecular flexibility index (Phi) is 10.7. The third-order valence-electron chi connectivity index (χ3n) is 4.24. The fraction of sp³-hybridized carbons (Fsp3) is 0.350. The maximum absolute atomic E-state index is 6.24. The van der Waals surface area contributed by atoms with Gasteiger partial charge in [0.1, 0.15) is 0 Å². The monoisotopic (exact) mass is 553 g/mol. The van der Waals surface area contributed by atoms with E-state index in [1.807, 2.05) is 25.1 Å². The molecule has 0 radical (unpaired) electrons. The topological polar surface area (TPSA) is 78.1 Å². The van der Waals surface area contributed by atoms with Gasteiger partial charge in [-0.25, -0.2) is 0 Å². The summed E-state index contributed by atoms with van der Waals surface area (Å²) in [7, 11) is 4.76. The summed E-state index contributed by atoms with van der Waals surface area (Å²) in [5.74, 6) is 2.13. The van der Waals surface area contributed by atoms with Gasteiger partial charge in [0.2, 0.25) is 5.75 Å². The van der Waals surface area contributed by atoms with Crippen LogP contribution < -0.4 is 25.3 Å². The number of nitrogens with one attached hydrogen (secondary N) is 1. The van der Waals surface area contributed by atoms with Crippen LogP contribution in [-0.2, 0) is 6.42 Å². The van der Waals surface area contributed by atoms with Crippen LogP contribution >= 0.6 is 47.2 Å². The number of benzene rings is 2. The number of rotatable bonds is 8. The number of methoxy groups -OCH3 is 3. The number of nitrogens with zero attached hydrogens (tertiary/aromatic N) is 1. The van der Waals surface area contributed by atoms with E-state index in [1.165, 1.54) is 0 Å². The van der Waals surface area contributed by atoms with Crippen molar-refractivity contribution >= 4 is 53.1 Å². The lowest BCUT2D eigenvalue weighted by atomic mass is 10.1. The number of ether oxygens (including phenoxy) is 3. The highest BCUT2D eigenvalue weighted by Crippen LogP contribution is 2.39. The Morgan fingerprint density at radius 3 is 2.34 bits per heavy atom. The average molecular weight is 554 g/mol. The molecule has 6 nitrogen and oxygen atoms in total. The highest BCUT2D eigenvalue weighted by molar-refractivity contribution is 14.0.